The van der Waals surface area contributed by atoms with Gasteiger partial charge in [0.15, 0.2) is 0 Å². The average molecular weight is 300 g/mol. The Morgan fingerprint density at radius 3 is 2.44 bits per heavy atom. The molecule has 0 bridgehead atoms. The molecule has 0 aliphatic heterocycles. The molecular weight excluding hydrogens is 286 g/mol. The van der Waals surface area contributed by atoms with Crippen molar-refractivity contribution in [2.75, 3.05) is 5.32 Å². The molecule has 0 heterocycles. The summed E-state index contributed by atoms with van der Waals surface area (Å²) in [6.07, 6.45) is -4.28. The van der Waals surface area contributed by atoms with E-state index in [-0.39, 0.29) is 12.5 Å². The number of rotatable bonds is 5. The molecule has 6 heteroatoms. The minimum atomic E-state index is -4.08. The fourth-order valence-corrected chi connectivity index (χ4v) is 1.85. The Bertz CT molecular complexity index is 393. The Morgan fingerprint density at radius 1 is 1.22 bits per heavy atom. The van der Waals surface area contributed by atoms with Crippen LogP contribution in [0.4, 0.5) is 18.9 Å². The summed E-state index contributed by atoms with van der Waals surface area (Å²) in [5.41, 5.74) is 0.754. The molecule has 1 unspecified atom stereocenters. The summed E-state index contributed by atoms with van der Waals surface area (Å²) >= 11 is 11.6. The fourth-order valence-electron chi connectivity index (χ4n) is 1.55. The first kappa shape index (κ1) is 15.4. The first-order chi connectivity index (χ1) is 8.28. The lowest BCUT2D eigenvalue weighted by molar-refractivity contribution is -0.135. The van der Waals surface area contributed by atoms with E-state index in [1.54, 1.807) is 18.2 Å². The van der Waals surface area contributed by atoms with Gasteiger partial charge in [-0.3, -0.25) is 0 Å². The van der Waals surface area contributed by atoms with Gasteiger partial charge in [-0.25, -0.2) is 0 Å². The molecule has 0 fully saturated rings. The molecule has 102 valence electrons. The van der Waals surface area contributed by atoms with Gasteiger partial charge in [0.05, 0.1) is 10.0 Å². The van der Waals surface area contributed by atoms with Crippen LogP contribution >= 0.6 is 23.2 Å². The maximum absolute atomic E-state index is 12.0. The van der Waals surface area contributed by atoms with E-state index in [0.717, 1.165) is 5.69 Å². The van der Waals surface area contributed by atoms with Crippen molar-refractivity contribution in [1.82, 2.24) is 0 Å². The van der Waals surface area contributed by atoms with Crippen LogP contribution in [0.3, 0.4) is 0 Å². The van der Waals surface area contributed by atoms with Crippen LogP contribution in [0.5, 0.6) is 0 Å². The Morgan fingerprint density at radius 2 is 1.89 bits per heavy atom. The van der Waals surface area contributed by atoms with Gasteiger partial charge in [0, 0.05) is 18.2 Å². The largest absolute Gasteiger partial charge is 0.389 e. The summed E-state index contributed by atoms with van der Waals surface area (Å²) in [6.45, 7) is 1.83. The van der Waals surface area contributed by atoms with E-state index in [4.69, 9.17) is 23.2 Å². The van der Waals surface area contributed by atoms with E-state index in [0.29, 0.717) is 16.5 Å². The van der Waals surface area contributed by atoms with Crippen molar-refractivity contribution in [1.29, 1.82) is 0 Å². The third-order valence-corrected chi connectivity index (χ3v) is 3.17. The van der Waals surface area contributed by atoms with Gasteiger partial charge in [-0.15, -0.1) is 0 Å². The number of hydrogen-bond donors (Lipinski definition) is 1. The normalized spacial score (nSPS) is 13.4. The van der Waals surface area contributed by atoms with Gasteiger partial charge >= 0.3 is 6.18 Å². The summed E-state index contributed by atoms with van der Waals surface area (Å²) in [5.74, 6) is 0. The van der Waals surface area contributed by atoms with Crippen LogP contribution in [-0.4, -0.2) is 12.2 Å². The maximum Gasteiger partial charge on any atom is 0.389 e. The molecule has 0 aromatic heterocycles. The number of anilines is 1. The minimum Gasteiger partial charge on any atom is -0.383 e. The lowest BCUT2D eigenvalue weighted by Crippen LogP contribution is -2.16. The predicted octanol–water partition coefficient (Wildman–Crippen LogP) is 5.53. The molecule has 0 spiro atoms. The Kier molecular flexibility index (Phi) is 5.60. The zero-order valence-electron chi connectivity index (χ0n) is 9.82. The Balaban J connectivity index is 2.40. The lowest BCUT2D eigenvalue weighted by atomic mass is 10.1. The number of halogens is 5. The maximum atomic E-state index is 12.0. The lowest BCUT2D eigenvalue weighted by Gasteiger charge is -2.16. The van der Waals surface area contributed by atoms with Crippen LogP contribution in [0.15, 0.2) is 18.2 Å². The van der Waals surface area contributed by atoms with E-state index in [1.165, 1.54) is 0 Å². The smallest absolute Gasteiger partial charge is 0.383 e. The Hall–Kier alpha value is -0.610. The second-order valence-corrected chi connectivity index (χ2v) is 5.00. The van der Waals surface area contributed by atoms with Crippen LogP contribution in [0.2, 0.25) is 10.0 Å². The van der Waals surface area contributed by atoms with Gasteiger partial charge in [-0.2, -0.15) is 13.2 Å². The molecule has 0 saturated heterocycles. The van der Waals surface area contributed by atoms with Crippen LogP contribution < -0.4 is 5.32 Å². The predicted molar refractivity (Wildman–Crippen MR) is 69.5 cm³/mol. The molecular formula is C12H14Cl2F3N. The van der Waals surface area contributed by atoms with Crippen molar-refractivity contribution >= 4 is 28.9 Å². The van der Waals surface area contributed by atoms with Gasteiger partial charge in [0.2, 0.25) is 0 Å². The van der Waals surface area contributed by atoms with Gasteiger partial charge in [0.25, 0.3) is 0 Å². The standard InChI is InChI=1S/C12H14Cl2F3N/c1-8(3-2-6-12(15,16)17)18-9-4-5-10(13)11(14)7-9/h4-5,7-8,18H,2-3,6H2,1H3. The molecule has 1 aromatic carbocycles. The highest BCUT2D eigenvalue weighted by Crippen LogP contribution is 2.26. The van der Waals surface area contributed by atoms with Gasteiger partial charge in [0.1, 0.15) is 0 Å². The highest BCUT2D eigenvalue weighted by molar-refractivity contribution is 6.42. The summed E-state index contributed by atoms with van der Waals surface area (Å²) in [7, 11) is 0. The number of benzene rings is 1. The van der Waals surface area contributed by atoms with Gasteiger partial charge < -0.3 is 5.32 Å². The van der Waals surface area contributed by atoms with Crippen molar-refractivity contribution in [3.05, 3.63) is 28.2 Å². The highest BCUT2D eigenvalue weighted by Gasteiger charge is 2.26. The fraction of sp³-hybridized carbons (Fsp3) is 0.500. The summed E-state index contributed by atoms with van der Waals surface area (Å²) in [4.78, 5) is 0. The first-order valence-corrected chi connectivity index (χ1v) is 6.32. The SMILES string of the molecule is CC(CCCC(F)(F)F)Nc1ccc(Cl)c(Cl)c1. The number of alkyl halides is 3. The van der Waals surface area contributed by atoms with E-state index in [2.05, 4.69) is 5.32 Å². The van der Waals surface area contributed by atoms with Crippen LogP contribution in [0, 0.1) is 0 Å². The molecule has 1 nitrogen and oxygen atoms in total. The number of hydrogen-bond acceptors (Lipinski definition) is 1. The Labute approximate surface area is 114 Å². The molecule has 0 amide bonds. The van der Waals surface area contributed by atoms with Gasteiger partial charge in [-0.05, 0) is 38.0 Å². The van der Waals surface area contributed by atoms with Crippen molar-refractivity contribution in [3.63, 3.8) is 0 Å². The third kappa shape index (κ3) is 5.83. The molecule has 1 atom stereocenters. The second-order valence-electron chi connectivity index (χ2n) is 4.18. The van der Waals surface area contributed by atoms with Crippen LogP contribution in [0.1, 0.15) is 26.2 Å². The van der Waals surface area contributed by atoms with Crippen molar-refractivity contribution in [3.8, 4) is 0 Å². The molecule has 1 rings (SSSR count). The quantitative estimate of drug-likeness (QED) is 0.754. The highest BCUT2D eigenvalue weighted by atomic mass is 35.5. The third-order valence-electron chi connectivity index (χ3n) is 2.43. The molecule has 0 aliphatic carbocycles. The monoisotopic (exact) mass is 299 g/mol. The molecule has 18 heavy (non-hydrogen) atoms. The minimum absolute atomic E-state index is 0.0513. The zero-order chi connectivity index (χ0) is 13.8. The molecule has 0 radical (unpaired) electrons. The summed E-state index contributed by atoms with van der Waals surface area (Å²) in [5, 5.41) is 3.96. The van der Waals surface area contributed by atoms with E-state index in [1.807, 2.05) is 6.92 Å². The van der Waals surface area contributed by atoms with E-state index in [9.17, 15) is 13.2 Å². The topological polar surface area (TPSA) is 12.0 Å². The zero-order valence-corrected chi connectivity index (χ0v) is 11.3. The van der Waals surface area contributed by atoms with Crippen LogP contribution in [-0.2, 0) is 0 Å². The van der Waals surface area contributed by atoms with Gasteiger partial charge in [-0.1, -0.05) is 23.2 Å². The van der Waals surface area contributed by atoms with Crippen molar-refractivity contribution in [2.24, 2.45) is 0 Å². The average Bonchev–Trinajstić information content (AvgIpc) is 2.21. The van der Waals surface area contributed by atoms with Crippen LogP contribution in [0.25, 0.3) is 0 Å². The van der Waals surface area contributed by atoms with E-state index >= 15 is 0 Å². The molecule has 0 saturated carbocycles. The van der Waals surface area contributed by atoms with Crippen molar-refractivity contribution < 1.29 is 13.2 Å². The van der Waals surface area contributed by atoms with E-state index < -0.39 is 12.6 Å². The summed E-state index contributed by atoms with van der Waals surface area (Å²) in [6, 6.07) is 5.00. The summed E-state index contributed by atoms with van der Waals surface area (Å²) < 4.78 is 35.9. The molecule has 1 N–H and O–H groups in total. The molecule has 1 aromatic rings. The number of nitrogens with one attached hydrogen (secondary N) is 1. The first-order valence-electron chi connectivity index (χ1n) is 5.56. The molecule has 0 aliphatic rings. The van der Waals surface area contributed by atoms with Crippen molar-refractivity contribution in [2.45, 2.75) is 38.4 Å². The second kappa shape index (κ2) is 6.53.